The summed E-state index contributed by atoms with van der Waals surface area (Å²) in [6.07, 6.45) is 62.8. The Morgan fingerprint density at radius 3 is 1.35 bits per heavy atom. The van der Waals surface area contributed by atoms with Crippen molar-refractivity contribution in [3.05, 3.63) is 60.8 Å². The Bertz CT molecular complexity index is 1130. The molecule has 366 valence electrons. The Morgan fingerprint density at radius 2 is 0.841 bits per heavy atom. The highest BCUT2D eigenvalue weighted by molar-refractivity contribution is 5.77. The maximum Gasteiger partial charge on any atom is 0.306 e. The van der Waals surface area contributed by atoms with Crippen molar-refractivity contribution >= 4 is 11.9 Å². The zero-order chi connectivity index (χ0) is 45.9. The van der Waals surface area contributed by atoms with Gasteiger partial charge in [0.05, 0.1) is 25.2 Å². The van der Waals surface area contributed by atoms with Crippen LogP contribution in [-0.4, -0.2) is 46.9 Å². The predicted octanol–water partition coefficient (Wildman–Crippen LogP) is 16.4. The van der Waals surface area contributed by atoms with Crippen LogP contribution in [0.15, 0.2) is 60.8 Å². The van der Waals surface area contributed by atoms with Crippen molar-refractivity contribution in [2.24, 2.45) is 0 Å². The van der Waals surface area contributed by atoms with E-state index in [1.807, 2.05) is 0 Å². The molecule has 0 spiro atoms. The first-order valence-electron chi connectivity index (χ1n) is 27.0. The van der Waals surface area contributed by atoms with Crippen LogP contribution >= 0.6 is 0 Å². The van der Waals surface area contributed by atoms with Crippen molar-refractivity contribution in [3.8, 4) is 0 Å². The molecule has 3 N–H and O–H groups in total. The minimum atomic E-state index is -0.804. The number of ether oxygens (including phenoxy) is 1. The molecule has 0 rings (SSSR count). The Kier molecular flexibility index (Phi) is 48.6. The molecular formula is C57H103NO5. The number of carbonyl (C=O) groups excluding carboxylic acids is 2. The third-order valence-corrected chi connectivity index (χ3v) is 12.1. The van der Waals surface area contributed by atoms with Gasteiger partial charge in [0.25, 0.3) is 0 Å². The summed E-state index contributed by atoms with van der Waals surface area (Å²) in [4.78, 5) is 26.1. The molecule has 3 unspecified atom stereocenters. The van der Waals surface area contributed by atoms with Crippen LogP contribution in [-0.2, 0) is 14.3 Å². The fraction of sp³-hybridized carbons (Fsp3) is 0.789. The number of hydrogen-bond acceptors (Lipinski definition) is 5. The SMILES string of the molecule is CCCC/C=C\CCCCCCCC(=O)OC(CCC/C=C\C/C=C\C/C=C\C/C=C\CCCCC)CC(=O)NC(CO)C(O)CCCCCCCCCCCCCCCCCC. The molecule has 63 heavy (non-hydrogen) atoms. The first kappa shape index (κ1) is 60.6. The largest absolute Gasteiger partial charge is 0.462 e. The van der Waals surface area contributed by atoms with E-state index in [0.717, 1.165) is 77.0 Å². The Hall–Kier alpha value is -2.44. The van der Waals surface area contributed by atoms with Gasteiger partial charge in [0.15, 0.2) is 0 Å². The van der Waals surface area contributed by atoms with Crippen molar-refractivity contribution in [3.63, 3.8) is 0 Å². The summed E-state index contributed by atoms with van der Waals surface area (Å²) in [6.45, 7) is 6.41. The fourth-order valence-electron chi connectivity index (χ4n) is 7.93. The van der Waals surface area contributed by atoms with Crippen molar-refractivity contribution in [1.29, 1.82) is 0 Å². The maximum atomic E-state index is 13.2. The number of rotatable bonds is 48. The summed E-state index contributed by atoms with van der Waals surface area (Å²) in [7, 11) is 0. The van der Waals surface area contributed by atoms with Crippen LogP contribution in [0.1, 0.15) is 265 Å². The number of aliphatic hydroxyl groups is 2. The second-order valence-electron chi connectivity index (χ2n) is 18.3. The van der Waals surface area contributed by atoms with Crippen LogP contribution in [0.3, 0.4) is 0 Å². The molecule has 0 bridgehead atoms. The van der Waals surface area contributed by atoms with Gasteiger partial charge < -0.3 is 20.3 Å². The molecule has 0 saturated carbocycles. The van der Waals surface area contributed by atoms with Crippen LogP contribution < -0.4 is 5.32 Å². The molecule has 0 fully saturated rings. The van der Waals surface area contributed by atoms with Crippen LogP contribution in [0.5, 0.6) is 0 Å². The lowest BCUT2D eigenvalue weighted by Crippen LogP contribution is -2.46. The van der Waals surface area contributed by atoms with Gasteiger partial charge >= 0.3 is 5.97 Å². The maximum absolute atomic E-state index is 13.2. The molecule has 0 heterocycles. The Labute approximate surface area is 390 Å². The Morgan fingerprint density at radius 1 is 0.460 bits per heavy atom. The van der Waals surface area contributed by atoms with E-state index >= 15 is 0 Å². The van der Waals surface area contributed by atoms with Crippen molar-refractivity contribution < 1.29 is 24.5 Å². The van der Waals surface area contributed by atoms with Gasteiger partial charge in [-0.1, -0.05) is 229 Å². The number of esters is 1. The van der Waals surface area contributed by atoms with Gasteiger partial charge in [0.2, 0.25) is 5.91 Å². The number of nitrogens with one attached hydrogen (secondary N) is 1. The Balaban J connectivity index is 4.63. The van der Waals surface area contributed by atoms with Crippen molar-refractivity contribution in [1.82, 2.24) is 5.32 Å². The standard InChI is InChI=1S/C57H103NO5/c1-4-7-10-13-16-19-22-24-26-28-29-31-34-36-39-42-45-48-53(63-57(62)50-47-44-41-38-33-21-18-15-12-9-6-3)51-56(61)58-54(52-59)55(60)49-46-43-40-37-35-32-30-27-25-23-20-17-14-11-8-5-2/h15-16,18-19,24,26,29,31,36,39,53-55,59-60H,4-14,17,20-23,25,27-28,30,32-35,37-38,40-52H2,1-3H3,(H,58,61)/b18-15-,19-16-,26-24-,31-29-,39-36-. The van der Waals surface area contributed by atoms with Gasteiger partial charge in [-0.3, -0.25) is 9.59 Å². The zero-order valence-electron chi connectivity index (χ0n) is 41.7. The summed E-state index contributed by atoms with van der Waals surface area (Å²) >= 11 is 0. The lowest BCUT2D eigenvalue weighted by atomic mass is 10.0. The molecule has 6 nitrogen and oxygen atoms in total. The molecular weight excluding hydrogens is 779 g/mol. The fourth-order valence-corrected chi connectivity index (χ4v) is 7.93. The molecule has 0 aliphatic carbocycles. The zero-order valence-corrected chi connectivity index (χ0v) is 41.7. The van der Waals surface area contributed by atoms with Crippen molar-refractivity contribution in [2.75, 3.05) is 6.61 Å². The van der Waals surface area contributed by atoms with E-state index < -0.39 is 18.2 Å². The van der Waals surface area contributed by atoms with Gasteiger partial charge in [-0.2, -0.15) is 0 Å². The second-order valence-corrected chi connectivity index (χ2v) is 18.3. The van der Waals surface area contributed by atoms with E-state index in [-0.39, 0.29) is 24.9 Å². The first-order chi connectivity index (χ1) is 31.0. The minimum Gasteiger partial charge on any atom is -0.462 e. The van der Waals surface area contributed by atoms with E-state index in [2.05, 4.69) is 86.8 Å². The summed E-state index contributed by atoms with van der Waals surface area (Å²) in [5.41, 5.74) is 0. The summed E-state index contributed by atoms with van der Waals surface area (Å²) in [5.74, 6) is -0.536. The van der Waals surface area contributed by atoms with E-state index in [1.54, 1.807) is 0 Å². The highest BCUT2D eigenvalue weighted by atomic mass is 16.5. The molecule has 1 amide bonds. The lowest BCUT2D eigenvalue weighted by Gasteiger charge is -2.24. The average molecular weight is 882 g/mol. The second kappa shape index (κ2) is 50.6. The van der Waals surface area contributed by atoms with Gasteiger partial charge in [0, 0.05) is 6.42 Å². The molecule has 6 heteroatoms. The van der Waals surface area contributed by atoms with Crippen LogP contribution in [0, 0.1) is 0 Å². The van der Waals surface area contributed by atoms with Gasteiger partial charge in [-0.15, -0.1) is 0 Å². The number of aliphatic hydroxyl groups excluding tert-OH is 2. The van der Waals surface area contributed by atoms with E-state index in [4.69, 9.17) is 4.74 Å². The molecule has 3 atom stereocenters. The van der Waals surface area contributed by atoms with E-state index in [0.29, 0.717) is 19.3 Å². The smallest absolute Gasteiger partial charge is 0.306 e. The predicted molar refractivity (Wildman–Crippen MR) is 273 cm³/mol. The molecule has 0 aromatic carbocycles. The summed E-state index contributed by atoms with van der Waals surface area (Å²) < 4.78 is 5.90. The van der Waals surface area contributed by atoms with Gasteiger partial charge in [-0.05, 0) is 83.5 Å². The van der Waals surface area contributed by atoms with Crippen LogP contribution in [0.25, 0.3) is 0 Å². The highest BCUT2D eigenvalue weighted by Crippen LogP contribution is 2.17. The van der Waals surface area contributed by atoms with Crippen molar-refractivity contribution in [2.45, 2.75) is 283 Å². The molecule has 0 aromatic rings. The highest BCUT2D eigenvalue weighted by Gasteiger charge is 2.24. The number of amides is 1. The molecule has 0 aliphatic rings. The van der Waals surface area contributed by atoms with Gasteiger partial charge in [0.1, 0.15) is 6.10 Å². The number of unbranched alkanes of at least 4 members (excludes halogenated alkanes) is 26. The lowest BCUT2D eigenvalue weighted by molar-refractivity contribution is -0.151. The monoisotopic (exact) mass is 882 g/mol. The normalized spacial score (nSPS) is 13.7. The molecule has 0 saturated heterocycles. The van der Waals surface area contributed by atoms with E-state index in [9.17, 15) is 19.8 Å². The third kappa shape index (κ3) is 45.9. The third-order valence-electron chi connectivity index (χ3n) is 12.1. The van der Waals surface area contributed by atoms with Gasteiger partial charge in [-0.25, -0.2) is 0 Å². The summed E-state index contributed by atoms with van der Waals surface area (Å²) in [5, 5.41) is 23.8. The minimum absolute atomic E-state index is 0.0361. The number of allylic oxidation sites excluding steroid dienone is 10. The molecule has 0 radical (unpaired) electrons. The topological polar surface area (TPSA) is 95.9 Å². The van der Waals surface area contributed by atoms with Crippen LogP contribution in [0.2, 0.25) is 0 Å². The van der Waals surface area contributed by atoms with E-state index in [1.165, 1.54) is 141 Å². The number of hydrogen-bond donors (Lipinski definition) is 3. The number of carbonyl (C=O) groups is 2. The average Bonchev–Trinajstić information content (AvgIpc) is 3.28. The van der Waals surface area contributed by atoms with Crippen LogP contribution in [0.4, 0.5) is 0 Å². The first-order valence-corrected chi connectivity index (χ1v) is 27.0. The molecule has 0 aromatic heterocycles. The summed E-state index contributed by atoms with van der Waals surface area (Å²) in [6, 6.07) is -0.722. The quantitative estimate of drug-likeness (QED) is 0.0321. The molecule has 0 aliphatic heterocycles.